The third-order valence-electron chi connectivity index (χ3n) is 10.1. The molecule has 1 aromatic heterocycles. The molecule has 4 aromatic carbocycles. The summed E-state index contributed by atoms with van der Waals surface area (Å²) in [6, 6.07) is 28.1. The highest BCUT2D eigenvalue weighted by molar-refractivity contribution is 6.32. The molecule has 0 aliphatic carbocycles. The van der Waals surface area contributed by atoms with E-state index in [-0.39, 0.29) is 44.7 Å². The molecule has 1 aliphatic heterocycles. The van der Waals surface area contributed by atoms with Gasteiger partial charge in [0.1, 0.15) is 30.8 Å². The van der Waals surface area contributed by atoms with Gasteiger partial charge in [-0.2, -0.15) is 5.26 Å². The van der Waals surface area contributed by atoms with Crippen LogP contribution in [0.25, 0.3) is 22.3 Å². The molecule has 2 heterocycles. The highest BCUT2D eigenvalue weighted by Gasteiger charge is 2.21. The van der Waals surface area contributed by atoms with Crippen molar-refractivity contribution in [3.05, 3.63) is 135 Å². The number of pyridine rings is 1. The standard InChI is InChI=1S/C45H46ClN5O6/c1-28-34(6-3-8-38(28)39-9-4-7-37(29(39)2)33-13-11-30(12-14-33)23-51-41-10-5-15-50-45(41)55)27-57-43-19-42(56-26-32-16-31(20-47)21-48-22-32)35(17-40(43)46)24-49-25-36(52)18-44(53)54/h3-4,6-9,11-14,16-17,19,21-22,36,41,49,51-52H,5,10,15,18,23-27H2,1-2H3,(H,50,55)(H,53,54)/t36-,41-/m0/s1. The highest BCUT2D eigenvalue weighted by Crippen LogP contribution is 2.37. The van der Waals surface area contributed by atoms with E-state index >= 15 is 0 Å². The number of aliphatic hydroxyl groups excluding tert-OH is 1. The number of rotatable bonds is 17. The fourth-order valence-electron chi connectivity index (χ4n) is 6.93. The van der Waals surface area contributed by atoms with E-state index < -0.39 is 12.1 Å². The predicted octanol–water partition coefficient (Wildman–Crippen LogP) is 7.01. The lowest BCUT2D eigenvalue weighted by atomic mass is 9.89. The number of halogens is 1. The number of nitriles is 1. The maximum Gasteiger partial charge on any atom is 0.306 e. The Morgan fingerprint density at radius 3 is 2.42 bits per heavy atom. The summed E-state index contributed by atoms with van der Waals surface area (Å²) >= 11 is 6.77. The molecule has 2 atom stereocenters. The Balaban J connectivity index is 1.17. The molecular weight excluding hydrogens is 742 g/mol. The van der Waals surface area contributed by atoms with Gasteiger partial charge in [-0.15, -0.1) is 0 Å². The van der Waals surface area contributed by atoms with Gasteiger partial charge in [0.15, 0.2) is 0 Å². The van der Waals surface area contributed by atoms with Crippen LogP contribution in [0.4, 0.5) is 0 Å². The third kappa shape index (κ3) is 10.8. The lowest BCUT2D eigenvalue weighted by molar-refractivity contribution is -0.139. The highest BCUT2D eigenvalue weighted by atomic mass is 35.5. The van der Waals surface area contributed by atoms with Crippen molar-refractivity contribution in [2.24, 2.45) is 0 Å². The molecular formula is C45H46ClN5O6. The summed E-state index contributed by atoms with van der Waals surface area (Å²) in [4.78, 5) is 27.3. The number of piperidine rings is 1. The molecule has 6 rings (SSSR count). The van der Waals surface area contributed by atoms with Crippen molar-refractivity contribution in [1.82, 2.24) is 20.9 Å². The lowest BCUT2D eigenvalue weighted by Crippen LogP contribution is -2.47. The zero-order valence-electron chi connectivity index (χ0n) is 32.0. The van der Waals surface area contributed by atoms with Gasteiger partial charge in [-0.05, 0) is 83.3 Å². The van der Waals surface area contributed by atoms with E-state index in [9.17, 15) is 20.0 Å². The van der Waals surface area contributed by atoms with Crippen molar-refractivity contribution in [1.29, 1.82) is 5.26 Å². The largest absolute Gasteiger partial charge is 0.488 e. The first-order valence-corrected chi connectivity index (χ1v) is 19.3. The molecule has 12 heteroatoms. The number of amides is 1. The van der Waals surface area contributed by atoms with Crippen molar-refractivity contribution in [2.75, 3.05) is 13.1 Å². The molecule has 0 bridgehead atoms. The second-order valence-electron chi connectivity index (χ2n) is 14.2. The molecule has 11 nitrogen and oxygen atoms in total. The fraction of sp³-hybridized carbons (Fsp3) is 0.289. The minimum absolute atomic E-state index is 0.0559. The summed E-state index contributed by atoms with van der Waals surface area (Å²) in [5.74, 6) is -0.137. The fourth-order valence-corrected chi connectivity index (χ4v) is 7.17. The van der Waals surface area contributed by atoms with Crippen LogP contribution in [0, 0.1) is 25.2 Å². The number of nitrogens with zero attached hydrogens (tertiary/aromatic N) is 2. The van der Waals surface area contributed by atoms with E-state index in [1.165, 1.54) is 6.20 Å². The Morgan fingerprint density at radius 2 is 1.67 bits per heavy atom. The van der Waals surface area contributed by atoms with Crippen LogP contribution in [0.3, 0.4) is 0 Å². The van der Waals surface area contributed by atoms with Crippen molar-refractivity contribution >= 4 is 23.5 Å². The number of hydrogen-bond acceptors (Lipinski definition) is 9. The maximum atomic E-state index is 12.2. The number of carbonyl (C=O) groups is 2. The van der Waals surface area contributed by atoms with E-state index in [4.69, 9.17) is 26.2 Å². The Hall–Kier alpha value is -5.77. The summed E-state index contributed by atoms with van der Waals surface area (Å²) in [5, 5.41) is 38.1. The Kier molecular flexibility index (Phi) is 13.9. The predicted molar refractivity (Wildman–Crippen MR) is 219 cm³/mol. The Bertz CT molecular complexity index is 2260. The van der Waals surface area contributed by atoms with Gasteiger partial charge in [-0.25, -0.2) is 0 Å². The van der Waals surface area contributed by atoms with Crippen LogP contribution in [-0.4, -0.2) is 52.3 Å². The van der Waals surface area contributed by atoms with E-state index in [0.29, 0.717) is 39.8 Å². The van der Waals surface area contributed by atoms with Gasteiger partial charge in [0, 0.05) is 55.8 Å². The number of benzene rings is 4. The Labute approximate surface area is 337 Å². The first kappa shape index (κ1) is 40.9. The molecule has 57 heavy (non-hydrogen) atoms. The topological polar surface area (TPSA) is 166 Å². The summed E-state index contributed by atoms with van der Waals surface area (Å²) < 4.78 is 12.5. The maximum absolute atomic E-state index is 12.2. The van der Waals surface area contributed by atoms with Crippen molar-refractivity contribution in [2.45, 2.75) is 71.6 Å². The summed E-state index contributed by atoms with van der Waals surface area (Å²) in [6.45, 7) is 6.26. The molecule has 0 unspecified atom stereocenters. The van der Waals surface area contributed by atoms with Crippen LogP contribution in [-0.2, 0) is 35.9 Å². The second-order valence-corrected chi connectivity index (χ2v) is 14.6. The average molecular weight is 788 g/mol. The van der Waals surface area contributed by atoms with Crippen molar-refractivity contribution in [3.8, 4) is 39.8 Å². The molecule has 0 saturated carbocycles. The van der Waals surface area contributed by atoms with Gasteiger partial charge in [0.2, 0.25) is 5.91 Å². The smallest absolute Gasteiger partial charge is 0.306 e. The number of aliphatic carboxylic acids is 1. The van der Waals surface area contributed by atoms with E-state index in [2.05, 4.69) is 89.4 Å². The van der Waals surface area contributed by atoms with Gasteiger partial charge >= 0.3 is 5.97 Å². The number of hydrogen-bond donors (Lipinski definition) is 5. The first-order chi connectivity index (χ1) is 27.6. The van der Waals surface area contributed by atoms with Crippen LogP contribution in [0.2, 0.25) is 5.02 Å². The number of ether oxygens (including phenoxy) is 2. The van der Waals surface area contributed by atoms with Crippen LogP contribution < -0.4 is 25.4 Å². The number of aromatic nitrogens is 1. The summed E-state index contributed by atoms with van der Waals surface area (Å²) in [5.41, 5.74) is 10.6. The quantitative estimate of drug-likeness (QED) is 0.0662. The van der Waals surface area contributed by atoms with Crippen LogP contribution in [0.15, 0.2) is 91.3 Å². The summed E-state index contributed by atoms with van der Waals surface area (Å²) in [7, 11) is 0. The van der Waals surface area contributed by atoms with E-state index in [1.807, 2.05) is 12.1 Å². The van der Waals surface area contributed by atoms with Gasteiger partial charge in [-0.3, -0.25) is 14.6 Å². The molecule has 1 aliphatic rings. The number of nitrogens with one attached hydrogen (secondary N) is 3. The normalized spacial score (nSPS) is 14.4. The van der Waals surface area contributed by atoms with Gasteiger partial charge in [0.05, 0.1) is 29.2 Å². The summed E-state index contributed by atoms with van der Waals surface area (Å²) in [6.07, 6.45) is 3.49. The van der Waals surface area contributed by atoms with Crippen LogP contribution >= 0.6 is 11.6 Å². The van der Waals surface area contributed by atoms with Crippen molar-refractivity contribution < 1.29 is 29.3 Å². The monoisotopic (exact) mass is 787 g/mol. The van der Waals surface area contributed by atoms with Gasteiger partial charge < -0.3 is 35.6 Å². The van der Waals surface area contributed by atoms with Gasteiger partial charge in [0.25, 0.3) is 0 Å². The molecule has 1 saturated heterocycles. The number of carbonyl (C=O) groups excluding carboxylic acids is 1. The van der Waals surface area contributed by atoms with E-state index in [0.717, 1.165) is 63.9 Å². The number of aliphatic hydroxyl groups is 1. The zero-order valence-corrected chi connectivity index (χ0v) is 32.7. The van der Waals surface area contributed by atoms with Crippen molar-refractivity contribution in [3.63, 3.8) is 0 Å². The molecule has 0 spiro atoms. The molecule has 1 amide bonds. The minimum Gasteiger partial charge on any atom is -0.488 e. The van der Waals surface area contributed by atoms with Gasteiger partial charge in [-0.1, -0.05) is 72.3 Å². The zero-order chi connectivity index (χ0) is 40.3. The minimum atomic E-state index is -1.09. The first-order valence-electron chi connectivity index (χ1n) is 18.9. The second kappa shape index (κ2) is 19.4. The molecule has 1 fully saturated rings. The Morgan fingerprint density at radius 1 is 0.930 bits per heavy atom. The number of carboxylic acid groups (broad SMARTS) is 1. The van der Waals surface area contributed by atoms with Crippen LogP contribution in [0.1, 0.15) is 58.2 Å². The van der Waals surface area contributed by atoms with E-state index in [1.54, 1.807) is 24.4 Å². The molecule has 5 aromatic rings. The average Bonchev–Trinajstić information content (AvgIpc) is 3.20. The molecule has 0 radical (unpaired) electrons. The molecule has 294 valence electrons. The number of carboxylic acids is 1. The molecule has 5 N–H and O–H groups in total. The lowest BCUT2D eigenvalue weighted by Gasteiger charge is -2.23. The SMILES string of the molecule is Cc1c(COc2cc(OCc3cncc(C#N)c3)c(CNC[C@@H](O)CC(=O)O)cc2Cl)cccc1-c1cccc(-c2ccc(CN[C@H]3CCCNC3=O)cc2)c1C. The van der Waals surface area contributed by atoms with Crippen LogP contribution in [0.5, 0.6) is 11.5 Å². The third-order valence-corrected chi connectivity index (χ3v) is 10.4.